The molecule has 32 heavy (non-hydrogen) atoms. The van der Waals surface area contributed by atoms with Crippen LogP contribution in [0.15, 0.2) is 28.9 Å². The van der Waals surface area contributed by atoms with Crippen LogP contribution < -0.4 is 4.90 Å². The molecule has 0 bridgehead atoms. The maximum absolute atomic E-state index is 12.9. The van der Waals surface area contributed by atoms with Gasteiger partial charge in [0, 0.05) is 32.2 Å². The highest BCUT2D eigenvalue weighted by Crippen LogP contribution is 2.32. The molecular formula is C21H26N6O4S. The van der Waals surface area contributed by atoms with Crippen LogP contribution in [0.4, 0.5) is 5.69 Å². The smallest absolute Gasteiger partial charge is 0.274 e. The lowest BCUT2D eigenvalue weighted by Crippen LogP contribution is -2.49. The van der Waals surface area contributed by atoms with Gasteiger partial charge in [0.1, 0.15) is 5.69 Å². The Morgan fingerprint density at radius 3 is 2.66 bits per heavy atom. The number of nitrogens with zero attached hydrogens (tertiary/aromatic N) is 5. The number of anilines is 1. The standard InChI is InChI=1S/C21H26N6O4S/c1-14-20(15(2)27(24-14)16-5-11-32(29,30)13-16)25-6-8-26(9-7-25)21(28)18-12-17(22-23-18)19-4-3-10-31-19/h3-4,10,12,16H,5-9,11,13H2,1-2H3,(H,22,23). The lowest BCUT2D eigenvalue weighted by atomic mass is 10.2. The van der Waals surface area contributed by atoms with Gasteiger partial charge in [0.05, 0.1) is 40.9 Å². The van der Waals surface area contributed by atoms with E-state index >= 15 is 0 Å². The number of nitrogens with one attached hydrogen (secondary N) is 1. The molecule has 5 heterocycles. The number of rotatable bonds is 4. The number of H-pyrrole nitrogens is 1. The minimum absolute atomic E-state index is 0.0988. The third-order valence-corrected chi connectivity index (χ3v) is 8.06. The van der Waals surface area contributed by atoms with Gasteiger partial charge in [-0.2, -0.15) is 10.2 Å². The van der Waals surface area contributed by atoms with Crippen LogP contribution in [0.5, 0.6) is 0 Å². The molecule has 1 N–H and O–H groups in total. The third-order valence-electron chi connectivity index (χ3n) is 6.31. The molecule has 1 atom stereocenters. The van der Waals surface area contributed by atoms with Crippen molar-refractivity contribution in [2.45, 2.75) is 26.3 Å². The van der Waals surface area contributed by atoms with Crippen molar-refractivity contribution in [3.8, 4) is 11.5 Å². The zero-order valence-corrected chi connectivity index (χ0v) is 18.9. The molecular weight excluding hydrogens is 432 g/mol. The molecule has 3 aromatic rings. The van der Waals surface area contributed by atoms with Gasteiger partial charge in [0.2, 0.25) is 0 Å². The molecule has 10 nitrogen and oxygen atoms in total. The summed E-state index contributed by atoms with van der Waals surface area (Å²) in [6.45, 7) is 6.46. The molecule has 0 aromatic carbocycles. The summed E-state index contributed by atoms with van der Waals surface area (Å²) in [6, 6.07) is 5.21. The van der Waals surface area contributed by atoms with Crippen molar-refractivity contribution in [3.05, 3.63) is 41.5 Å². The highest BCUT2D eigenvalue weighted by Gasteiger charge is 2.33. The van der Waals surface area contributed by atoms with Gasteiger partial charge in [-0.1, -0.05) is 0 Å². The van der Waals surface area contributed by atoms with E-state index in [2.05, 4.69) is 20.2 Å². The summed E-state index contributed by atoms with van der Waals surface area (Å²) in [5, 5.41) is 11.7. The van der Waals surface area contributed by atoms with Crippen molar-refractivity contribution in [2.75, 3.05) is 42.6 Å². The van der Waals surface area contributed by atoms with Crippen molar-refractivity contribution >= 4 is 21.4 Å². The molecule has 11 heteroatoms. The van der Waals surface area contributed by atoms with E-state index in [1.165, 1.54) is 0 Å². The second-order valence-electron chi connectivity index (χ2n) is 8.44. The first-order valence-electron chi connectivity index (χ1n) is 10.7. The van der Waals surface area contributed by atoms with Crippen molar-refractivity contribution in [1.82, 2.24) is 24.9 Å². The number of furan rings is 1. The Kier molecular flexibility index (Phi) is 5.07. The number of aromatic amines is 1. The molecule has 0 saturated carbocycles. The van der Waals surface area contributed by atoms with Gasteiger partial charge in [-0.05, 0) is 32.4 Å². The fourth-order valence-corrected chi connectivity index (χ4v) is 6.41. The molecule has 0 aliphatic carbocycles. The molecule has 1 unspecified atom stereocenters. The summed E-state index contributed by atoms with van der Waals surface area (Å²) in [5.74, 6) is 0.903. The maximum Gasteiger partial charge on any atom is 0.274 e. The van der Waals surface area contributed by atoms with Crippen molar-refractivity contribution < 1.29 is 17.6 Å². The number of aryl methyl sites for hydroxylation is 1. The Balaban J connectivity index is 1.27. The fraction of sp³-hybridized carbons (Fsp3) is 0.476. The topological polar surface area (TPSA) is 117 Å². The normalized spacial score (nSPS) is 20.8. The second-order valence-corrected chi connectivity index (χ2v) is 10.7. The Hall–Kier alpha value is -3.08. The van der Waals surface area contributed by atoms with E-state index in [0.29, 0.717) is 49.7 Å². The van der Waals surface area contributed by atoms with Crippen molar-refractivity contribution in [3.63, 3.8) is 0 Å². The molecule has 2 saturated heterocycles. The predicted octanol–water partition coefficient (Wildman–Crippen LogP) is 1.81. The van der Waals surface area contributed by atoms with E-state index in [1.54, 1.807) is 23.3 Å². The van der Waals surface area contributed by atoms with Gasteiger partial charge < -0.3 is 14.2 Å². The highest BCUT2D eigenvalue weighted by atomic mass is 32.2. The van der Waals surface area contributed by atoms with Gasteiger partial charge in [0.15, 0.2) is 21.3 Å². The number of piperazine rings is 1. The lowest BCUT2D eigenvalue weighted by molar-refractivity contribution is 0.0741. The number of carbonyl (C=O) groups is 1. The van der Waals surface area contributed by atoms with Gasteiger partial charge >= 0.3 is 0 Å². The van der Waals surface area contributed by atoms with Crippen LogP contribution in [0.1, 0.15) is 34.3 Å². The Morgan fingerprint density at radius 2 is 2.00 bits per heavy atom. The monoisotopic (exact) mass is 458 g/mol. The van der Waals surface area contributed by atoms with E-state index in [0.717, 1.165) is 17.1 Å². The minimum Gasteiger partial charge on any atom is -0.463 e. The molecule has 1 amide bonds. The highest BCUT2D eigenvalue weighted by molar-refractivity contribution is 7.91. The zero-order chi connectivity index (χ0) is 22.5. The number of hydrogen-bond acceptors (Lipinski definition) is 7. The molecule has 5 rings (SSSR count). The maximum atomic E-state index is 12.9. The quantitative estimate of drug-likeness (QED) is 0.633. The number of carbonyl (C=O) groups excluding carboxylic acids is 1. The van der Waals surface area contributed by atoms with Crippen molar-refractivity contribution in [1.29, 1.82) is 0 Å². The van der Waals surface area contributed by atoms with Crippen LogP contribution >= 0.6 is 0 Å². The summed E-state index contributed by atoms with van der Waals surface area (Å²) >= 11 is 0. The van der Waals surface area contributed by atoms with E-state index in [4.69, 9.17) is 4.42 Å². The first kappa shape index (κ1) is 20.8. The number of amides is 1. The summed E-state index contributed by atoms with van der Waals surface area (Å²) in [5.41, 5.74) is 3.96. The first-order chi connectivity index (χ1) is 15.3. The van der Waals surface area contributed by atoms with Gasteiger partial charge in [-0.3, -0.25) is 14.6 Å². The van der Waals surface area contributed by atoms with Crippen LogP contribution in [-0.4, -0.2) is 76.9 Å². The van der Waals surface area contributed by atoms with Crippen LogP contribution in [0, 0.1) is 13.8 Å². The van der Waals surface area contributed by atoms with Crippen LogP contribution in [-0.2, 0) is 9.84 Å². The molecule has 2 aliphatic heterocycles. The molecule has 170 valence electrons. The fourth-order valence-electron chi connectivity index (χ4n) is 4.72. The summed E-state index contributed by atoms with van der Waals surface area (Å²) in [6.07, 6.45) is 2.18. The van der Waals surface area contributed by atoms with E-state index in [-0.39, 0.29) is 23.5 Å². The van der Waals surface area contributed by atoms with Crippen LogP contribution in [0.3, 0.4) is 0 Å². The number of aromatic nitrogens is 4. The average Bonchev–Trinajstić information content (AvgIpc) is 3.55. The number of hydrogen-bond donors (Lipinski definition) is 1. The van der Waals surface area contributed by atoms with E-state index in [9.17, 15) is 13.2 Å². The first-order valence-corrected chi connectivity index (χ1v) is 12.5. The van der Waals surface area contributed by atoms with Crippen LogP contribution in [0.2, 0.25) is 0 Å². The Labute approximate surface area is 186 Å². The third kappa shape index (κ3) is 3.70. The summed E-state index contributed by atoms with van der Waals surface area (Å²) in [7, 11) is -2.98. The number of sulfone groups is 1. The summed E-state index contributed by atoms with van der Waals surface area (Å²) < 4.78 is 31.0. The molecule has 2 aliphatic rings. The van der Waals surface area contributed by atoms with E-state index in [1.807, 2.05) is 24.6 Å². The van der Waals surface area contributed by atoms with Gasteiger partial charge in [-0.15, -0.1) is 0 Å². The Morgan fingerprint density at radius 1 is 1.22 bits per heavy atom. The Bertz CT molecular complexity index is 1240. The molecule has 3 aromatic heterocycles. The van der Waals surface area contributed by atoms with Crippen LogP contribution in [0.25, 0.3) is 11.5 Å². The average molecular weight is 459 g/mol. The van der Waals surface area contributed by atoms with Gasteiger partial charge in [0.25, 0.3) is 5.91 Å². The van der Waals surface area contributed by atoms with Gasteiger partial charge in [-0.25, -0.2) is 8.42 Å². The minimum atomic E-state index is -2.98. The molecule has 0 spiro atoms. The molecule has 0 radical (unpaired) electrons. The summed E-state index contributed by atoms with van der Waals surface area (Å²) in [4.78, 5) is 17.0. The zero-order valence-electron chi connectivity index (χ0n) is 18.1. The predicted molar refractivity (Wildman–Crippen MR) is 118 cm³/mol. The molecule has 2 fully saturated rings. The lowest BCUT2D eigenvalue weighted by Gasteiger charge is -2.36. The van der Waals surface area contributed by atoms with E-state index < -0.39 is 9.84 Å². The van der Waals surface area contributed by atoms with Crippen molar-refractivity contribution in [2.24, 2.45) is 0 Å². The largest absolute Gasteiger partial charge is 0.463 e. The SMILES string of the molecule is Cc1nn(C2CCS(=O)(=O)C2)c(C)c1N1CCN(C(=O)c2cc(-c3ccco3)[nH]n2)CC1. The second kappa shape index (κ2) is 7.80.